The second kappa shape index (κ2) is 9.48. The molecule has 0 aliphatic heterocycles. The van der Waals surface area contributed by atoms with Crippen molar-refractivity contribution in [2.24, 2.45) is 0 Å². The minimum absolute atomic E-state index is 0.153. The average molecular weight is 368 g/mol. The van der Waals surface area contributed by atoms with Crippen molar-refractivity contribution < 1.29 is 19.4 Å². The lowest BCUT2D eigenvalue weighted by molar-refractivity contribution is -0.136. The molecule has 0 saturated carbocycles. The Morgan fingerprint density at radius 2 is 2.04 bits per heavy atom. The maximum atomic E-state index is 12.1. The first-order valence-electron chi connectivity index (χ1n) is 7.60. The monoisotopic (exact) mass is 368 g/mol. The van der Waals surface area contributed by atoms with Crippen molar-refractivity contribution in [2.75, 3.05) is 24.7 Å². The molecular formula is C16H20N2O4S2. The van der Waals surface area contributed by atoms with Crippen LogP contribution in [0.5, 0.6) is 5.75 Å². The molecule has 2 rings (SSSR count). The van der Waals surface area contributed by atoms with Crippen LogP contribution in [0, 0.1) is 0 Å². The second-order valence-electron chi connectivity index (χ2n) is 4.91. The molecule has 8 heteroatoms. The Bertz CT molecular complexity index is 702. The molecule has 0 fully saturated rings. The van der Waals surface area contributed by atoms with Crippen molar-refractivity contribution in [3.05, 3.63) is 30.0 Å². The number of benzene rings is 1. The number of carboxylic acid groups (broad SMARTS) is 1. The highest BCUT2D eigenvalue weighted by molar-refractivity contribution is 8.76. The first kappa shape index (κ1) is 18.5. The van der Waals surface area contributed by atoms with Gasteiger partial charge in [0.1, 0.15) is 11.4 Å². The quantitative estimate of drug-likeness (QED) is 0.441. The third-order valence-corrected chi connectivity index (χ3v) is 5.51. The Kier molecular flexibility index (Phi) is 7.33. The molecule has 1 aromatic heterocycles. The fraction of sp³-hybridized carbons (Fsp3) is 0.375. The SMILES string of the molecule is CCOc1ccc2cc(C(=O)NCCSSCCC(=O)O)[nH]c2c1. The number of H-pyrrole nitrogens is 1. The Balaban J connectivity index is 1.78. The summed E-state index contributed by atoms with van der Waals surface area (Å²) in [6.07, 6.45) is 0.156. The van der Waals surface area contributed by atoms with Crippen LogP contribution in [0.2, 0.25) is 0 Å². The molecule has 24 heavy (non-hydrogen) atoms. The van der Waals surface area contributed by atoms with E-state index in [4.69, 9.17) is 9.84 Å². The van der Waals surface area contributed by atoms with E-state index in [2.05, 4.69) is 10.3 Å². The Morgan fingerprint density at radius 3 is 2.79 bits per heavy atom. The lowest BCUT2D eigenvalue weighted by atomic mass is 10.2. The van der Waals surface area contributed by atoms with Crippen molar-refractivity contribution in [3.8, 4) is 5.75 Å². The summed E-state index contributed by atoms with van der Waals surface area (Å²) in [5, 5.41) is 12.3. The van der Waals surface area contributed by atoms with Crippen LogP contribution in [-0.2, 0) is 4.79 Å². The van der Waals surface area contributed by atoms with Gasteiger partial charge in [-0.05, 0) is 25.1 Å². The Hall–Kier alpha value is -1.80. The molecule has 2 aromatic rings. The highest BCUT2D eigenvalue weighted by Crippen LogP contribution is 2.22. The number of aromatic amines is 1. The van der Waals surface area contributed by atoms with Gasteiger partial charge < -0.3 is 20.1 Å². The smallest absolute Gasteiger partial charge is 0.304 e. The second-order valence-corrected chi connectivity index (χ2v) is 7.61. The first-order chi connectivity index (χ1) is 11.6. The van der Waals surface area contributed by atoms with Gasteiger partial charge in [-0.1, -0.05) is 21.6 Å². The summed E-state index contributed by atoms with van der Waals surface area (Å²) >= 11 is 0. The number of ether oxygens (including phenoxy) is 1. The van der Waals surface area contributed by atoms with Crippen molar-refractivity contribution in [1.29, 1.82) is 0 Å². The van der Waals surface area contributed by atoms with Crippen LogP contribution in [0.4, 0.5) is 0 Å². The number of carboxylic acids is 1. The third-order valence-electron chi connectivity index (χ3n) is 3.10. The van der Waals surface area contributed by atoms with Gasteiger partial charge in [0, 0.05) is 35.0 Å². The minimum Gasteiger partial charge on any atom is -0.494 e. The number of hydrogen-bond donors (Lipinski definition) is 3. The number of fused-ring (bicyclic) bond motifs is 1. The van der Waals surface area contributed by atoms with E-state index in [0.29, 0.717) is 24.6 Å². The number of rotatable bonds is 10. The summed E-state index contributed by atoms with van der Waals surface area (Å²) in [7, 11) is 3.06. The van der Waals surface area contributed by atoms with E-state index in [1.54, 1.807) is 10.8 Å². The highest BCUT2D eigenvalue weighted by Gasteiger charge is 2.09. The summed E-state index contributed by atoms with van der Waals surface area (Å²) in [5.74, 6) is 1.12. The van der Waals surface area contributed by atoms with Crippen molar-refractivity contribution >= 4 is 44.4 Å². The van der Waals surface area contributed by atoms with Gasteiger partial charge in [-0.15, -0.1) is 0 Å². The van der Waals surface area contributed by atoms with Crippen LogP contribution in [0.15, 0.2) is 24.3 Å². The van der Waals surface area contributed by atoms with Gasteiger partial charge in [-0.2, -0.15) is 0 Å². The van der Waals surface area contributed by atoms with Gasteiger partial charge in [-0.25, -0.2) is 0 Å². The van der Waals surface area contributed by atoms with Crippen LogP contribution in [0.25, 0.3) is 10.9 Å². The van der Waals surface area contributed by atoms with Gasteiger partial charge in [0.25, 0.3) is 5.91 Å². The molecule has 0 aliphatic carbocycles. The topological polar surface area (TPSA) is 91.4 Å². The van der Waals surface area contributed by atoms with Gasteiger partial charge in [0.05, 0.1) is 13.0 Å². The standard InChI is InChI=1S/C16H20N2O4S2/c1-2-22-12-4-3-11-9-14(18-13(11)10-12)16(21)17-6-8-24-23-7-5-15(19)20/h3-4,9-10,18H,2,5-8H2,1H3,(H,17,21)(H,19,20). The molecule has 0 atom stereocenters. The molecule has 0 saturated heterocycles. The number of hydrogen-bond acceptors (Lipinski definition) is 5. The zero-order valence-corrected chi connectivity index (χ0v) is 15.0. The minimum atomic E-state index is -0.789. The van der Waals surface area contributed by atoms with Crippen molar-refractivity contribution in [3.63, 3.8) is 0 Å². The van der Waals surface area contributed by atoms with Crippen molar-refractivity contribution in [1.82, 2.24) is 10.3 Å². The van der Waals surface area contributed by atoms with E-state index in [-0.39, 0.29) is 12.3 Å². The maximum Gasteiger partial charge on any atom is 0.304 e. The van der Waals surface area contributed by atoms with Gasteiger partial charge in [0.2, 0.25) is 0 Å². The number of carbonyl (C=O) groups is 2. The zero-order chi connectivity index (χ0) is 17.4. The van der Waals surface area contributed by atoms with E-state index < -0.39 is 5.97 Å². The van der Waals surface area contributed by atoms with E-state index in [9.17, 15) is 9.59 Å². The predicted molar refractivity (Wildman–Crippen MR) is 99.0 cm³/mol. The van der Waals surface area contributed by atoms with Crippen LogP contribution in [0.3, 0.4) is 0 Å². The number of nitrogens with one attached hydrogen (secondary N) is 2. The summed E-state index contributed by atoms with van der Waals surface area (Å²) in [6, 6.07) is 7.49. The van der Waals surface area contributed by atoms with E-state index in [1.165, 1.54) is 10.8 Å². The summed E-state index contributed by atoms with van der Waals surface area (Å²) in [5.41, 5.74) is 1.38. The summed E-state index contributed by atoms with van der Waals surface area (Å²) in [4.78, 5) is 25.6. The normalized spacial score (nSPS) is 10.7. The molecule has 0 unspecified atom stereocenters. The molecule has 130 valence electrons. The molecule has 0 spiro atoms. The molecule has 3 N–H and O–H groups in total. The van der Waals surface area contributed by atoms with Gasteiger partial charge in [-0.3, -0.25) is 9.59 Å². The molecule has 1 amide bonds. The van der Waals surface area contributed by atoms with E-state index >= 15 is 0 Å². The van der Waals surface area contributed by atoms with Crippen LogP contribution in [0.1, 0.15) is 23.8 Å². The van der Waals surface area contributed by atoms with Crippen LogP contribution < -0.4 is 10.1 Å². The Labute approximate surface area is 148 Å². The van der Waals surface area contributed by atoms with E-state index in [0.717, 1.165) is 22.4 Å². The van der Waals surface area contributed by atoms with Gasteiger partial charge in [0.15, 0.2) is 0 Å². The summed E-state index contributed by atoms with van der Waals surface area (Å²) < 4.78 is 5.45. The molecule has 1 aromatic carbocycles. The lowest BCUT2D eigenvalue weighted by Gasteiger charge is -2.03. The molecule has 1 heterocycles. The number of carbonyl (C=O) groups excluding carboxylic acids is 1. The number of aromatic nitrogens is 1. The van der Waals surface area contributed by atoms with Crippen LogP contribution in [-0.4, -0.2) is 46.6 Å². The highest BCUT2D eigenvalue weighted by atomic mass is 33.1. The van der Waals surface area contributed by atoms with Gasteiger partial charge >= 0.3 is 5.97 Å². The summed E-state index contributed by atoms with van der Waals surface area (Å²) in [6.45, 7) is 3.06. The average Bonchev–Trinajstić information content (AvgIpc) is 2.97. The van der Waals surface area contributed by atoms with E-state index in [1.807, 2.05) is 31.2 Å². The maximum absolute atomic E-state index is 12.1. The predicted octanol–water partition coefficient (Wildman–Crippen LogP) is 3.15. The number of amides is 1. The Morgan fingerprint density at radius 1 is 1.25 bits per heavy atom. The molecule has 6 nitrogen and oxygen atoms in total. The van der Waals surface area contributed by atoms with Crippen LogP contribution >= 0.6 is 21.6 Å². The lowest BCUT2D eigenvalue weighted by Crippen LogP contribution is -2.25. The molecular weight excluding hydrogens is 348 g/mol. The molecule has 0 bridgehead atoms. The first-order valence-corrected chi connectivity index (χ1v) is 10.1. The molecule has 0 radical (unpaired) electrons. The fourth-order valence-corrected chi connectivity index (χ4v) is 3.92. The fourth-order valence-electron chi connectivity index (χ4n) is 2.03. The zero-order valence-electron chi connectivity index (χ0n) is 13.3. The number of aliphatic carboxylic acids is 1. The largest absolute Gasteiger partial charge is 0.494 e. The molecule has 0 aliphatic rings. The third kappa shape index (κ3) is 5.68. The van der Waals surface area contributed by atoms with Crippen molar-refractivity contribution in [2.45, 2.75) is 13.3 Å².